The summed E-state index contributed by atoms with van der Waals surface area (Å²) in [4.78, 5) is 22.4. The fraction of sp³-hybridized carbons (Fsp3) is 0.182. The van der Waals surface area contributed by atoms with E-state index < -0.39 is 5.91 Å². The Morgan fingerprint density at radius 2 is 2.17 bits per heavy atom. The number of aromatic nitrogens is 2. The van der Waals surface area contributed by atoms with Gasteiger partial charge in [-0.05, 0) is 18.2 Å². The molecule has 2 aromatic rings. The van der Waals surface area contributed by atoms with Crippen molar-refractivity contribution in [3.63, 3.8) is 0 Å². The normalized spacial score (nSPS) is 10.4. The molecular formula is C11H13N5O2. The molecule has 2 amide bonds. The molecule has 1 heterocycles. The van der Waals surface area contributed by atoms with E-state index in [1.165, 1.54) is 0 Å². The van der Waals surface area contributed by atoms with E-state index >= 15 is 0 Å². The Labute approximate surface area is 103 Å². The van der Waals surface area contributed by atoms with Gasteiger partial charge in [-0.2, -0.15) is 5.10 Å². The molecule has 0 spiro atoms. The molecule has 0 aliphatic heterocycles. The first-order valence-corrected chi connectivity index (χ1v) is 5.38. The van der Waals surface area contributed by atoms with Crippen LogP contribution in [0.25, 0.3) is 10.9 Å². The summed E-state index contributed by atoms with van der Waals surface area (Å²) >= 11 is 0. The third-order valence-electron chi connectivity index (χ3n) is 2.46. The van der Waals surface area contributed by atoms with Gasteiger partial charge in [0.2, 0.25) is 5.91 Å². The zero-order valence-electron chi connectivity index (χ0n) is 9.56. The first-order chi connectivity index (χ1) is 8.58. The molecule has 2 rings (SSSR count). The van der Waals surface area contributed by atoms with Crippen molar-refractivity contribution in [3.8, 4) is 0 Å². The van der Waals surface area contributed by atoms with Crippen molar-refractivity contribution in [1.82, 2.24) is 15.5 Å². The highest BCUT2D eigenvalue weighted by molar-refractivity contribution is 6.05. The Morgan fingerprint density at radius 1 is 1.39 bits per heavy atom. The second-order valence-corrected chi connectivity index (χ2v) is 3.85. The maximum atomic E-state index is 11.8. The van der Waals surface area contributed by atoms with Crippen molar-refractivity contribution in [1.29, 1.82) is 0 Å². The van der Waals surface area contributed by atoms with Gasteiger partial charge in [-0.25, -0.2) is 0 Å². The van der Waals surface area contributed by atoms with Gasteiger partial charge in [-0.3, -0.25) is 14.7 Å². The summed E-state index contributed by atoms with van der Waals surface area (Å²) in [6.07, 6.45) is 0.0935. The van der Waals surface area contributed by atoms with E-state index in [0.717, 1.165) is 5.52 Å². The highest BCUT2D eigenvalue weighted by atomic mass is 16.2. The number of primary amides is 1. The van der Waals surface area contributed by atoms with Crippen LogP contribution in [0, 0.1) is 0 Å². The summed E-state index contributed by atoms with van der Waals surface area (Å²) in [5.74, 6) is -0.834. The van der Waals surface area contributed by atoms with Crippen LogP contribution in [0.4, 0.5) is 5.69 Å². The van der Waals surface area contributed by atoms with E-state index in [-0.39, 0.29) is 24.6 Å². The lowest BCUT2D eigenvalue weighted by Gasteiger charge is -2.01. The van der Waals surface area contributed by atoms with Gasteiger partial charge < -0.3 is 16.8 Å². The molecule has 0 unspecified atom stereocenters. The molecule has 0 aliphatic carbocycles. The van der Waals surface area contributed by atoms with Gasteiger partial charge >= 0.3 is 0 Å². The molecule has 0 radical (unpaired) electrons. The number of hydrogen-bond acceptors (Lipinski definition) is 4. The number of nitrogen functional groups attached to an aromatic ring is 1. The minimum absolute atomic E-state index is 0.0935. The SMILES string of the molecule is NC(=O)CCNC(=O)c1n[nH]c2ccc(N)cc12. The lowest BCUT2D eigenvalue weighted by molar-refractivity contribution is -0.117. The summed E-state index contributed by atoms with van der Waals surface area (Å²) in [7, 11) is 0. The third kappa shape index (κ3) is 2.40. The third-order valence-corrected chi connectivity index (χ3v) is 2.46. The van der Waals surface area contributed by atoms with Crippen LogP contribution in [0.1, 0.15) is 16.9 Å². The Balaban J connectivity index is 2.17. The van der Waals surface area contributed by atoms with E-state index in [2.05, 4.69) is 15.5 Å². The monoisotopic (exact) mass is 247 g/mol. The van der Waals surface area contributed by atoms with Crippen molar-refractivity contribution < 1.29 is 9.59 Å². The van der Waals surface area contributed by atoms with Crippen molar-refractivity contribution >= 4 is 28.4 Å². The number of amides is 2. The number of hydrogen-bond donors (Lipinski definition) is 4. The molecular weight excluding hydrogens is 234 g/mol. The number of carbonyl (C=O) groups excluding carboxylic acids is 2. The van der Waals surface area contributed by atoms with Gasteiger partial charge in [-0.1, -0.05) is 0 Å². The lowest BCUT2D eigenvalue weighted by Crippen LogP contribution is -2.28. The number of benzene rings is 1. The smallest absolute Gasteiger partial charge is 0.272 e. The van der Waals surface area contributed by atoms with Crippen LogP contribution in [0.2, 0.25) is 0 Å². The van der Waals surface area contributed by atoms with E-state index in [1.807, 2.05) is 0 Å². The van der Waals surface area contributed by atoms with Gasteiger partial charge in [-0.15, -0.1) is 0 Å². The first kappa shape index (κ1) is 11.9. The zero-order chi connectivity index (χ0) is 13.1. The van der Waals surface area contributed by atoms with Crippen LogP contribution < -0.4 is 16.8 Å². The average molecular weight is 247 g/mol. The van der Waals surface area contributed by atoms with Crippen LogP contribution in [-0.4, -0.2) is 28.6 Å². The van der Waals surface area contributed by atoms with Gasteiger partial charge in [0, 0.05) is 24.0 Å². The van der Waals surface area contributed by atoms with Crippen LogP contribution in [0.15, 0.2) is 18.2 Å². The Morgan fingerprint density at radius 3 is 2.89 bits per heavy atom. The molecule has 0 fully saturated rings. The second-order valence-electron chi connectivity index (χ2n) is 3.85. The number of anilines is 1. The standard InChI is InChI=1S/C11H13N5O2/c12-6-1-2-8-7(5-6)10(16-15-8)11(18)14-4-3-9(13)17/h1-2,5H,3-4,12H2,(H2,13,17)(H,14,18)(H,15,16). The molecule has 18 heavy (non-hydrogen) atoms. The van der Waals surface area contributed by atoms with Crippen molar-refractivity contribution in [2.24, 2.45) is 5.73 Å². The molecule has 0 saturated carbocycles. The Hall–Kier alpha value is -2.57. The average Bonchev–Trinajstić information content (AvgIpc) is 2.71. The molecule has 6 N–H and O–H groups in total. The van der Waals surface area contributed by atoms with Crippen molar-refractivity contribution in [2.45, 2.75) is 6.42 Å². The number of nitrogens with one attached hydrogen (secondary N) is 2. The largest absolute Gasteiger partial charge is 0.399 e. The fourth-order valence-electron chi connectivity index (χ4n) is 1.59. The van der Waals surface area contributed by atoms with E-state index in [4.69, 9.17) is 11.5 Å². The summed E-state index contributed by atoms with van der Waals surface area (Å²) in [5.41, 5.74) is 12.2. The van der Waals surface area contributed by atoms with Gasteiger partial charge in [0.25, 0.3) is 5.91 Å². The maximum absolute atomic E-state index is 11.8. The number of aromatic amines is 1. The minimum atomic E-state index is -0.466. The molecule has 0 atom stereocenters. The topological polar surface area (TPSA) is 127 Å². The molecule has 0 bridgehead atoms. The van der Waals surface area contributed by atoms with Gasteiger partial charge in [0.1, 0.15) is 0 Å². The summed E-state index contributed by atoms with van der Waals surface area (Å²) in [6.45, 7) is 0.185. The van der Waals surface area contributed by atoms with Crippen molar-refractivity contribution in [2.75, 3.05) is 12.3 Å². The molecule has 1 aromatic heterocycles. The number of fused-ring (bicyclic) bond motifs is 1. The van der Waals surface area contributed by atoms with Crippen LogP contribution in [0.3, 0.4) is 0 Å². The number of nitrogens with two attached hydrogens (primary N) is 2. The minimum Gasteiger partial charge on any atom is -0.399 e. The molecule has 94 valence electrons. The molecule has 0 aliphatic rings. The van der Waals surface area contributed by atoms with Crippen LogP contribution >= 0.6 is 0 Å². The van der Waals surface area contributed by atoms with E-state index in [1.54, 1.807) is 18.2 Å². The molecule has 1 aromatic carbocycles. The Kier molecular flexibility index (Phi) is 3.13. The summed E-state index contributed by atoms with van der Waals surface area (Å²) < 4.78 is 0. The fourth-order valence-corrected chi connectivity index (χ4v) is 1.59. The number of H-pyrrole nitrogens is 1. The van der Waals surface area contributed by atoms with E-state index in [0.29, 0.717) is 11.1 Å². The number of carbonyl (C=O) groups is 2. The van der Waals surface area contributed by atoms with Gasteiger partial charge in [0.15, 0.2) is 5.69 Å². The predicted octanol–water partition coefficient (Wildman–Crippen LogP) is -0.250. The van der Waals surface area contributed by atoms with Crippen LogP contribution in [-0.2, 0) is 4.79 Å². The zero-order valence-corrected chi connectivity index (χ0v) is 9.56. The molecule has 7 nitrogen and oxygen atoms in total. The first-order valence-electron chi connectivity index (χ1n) is 5.38. The molecule has 0 saturated heterocycles. The highest BCUT2D eigenvalue weighted by Crippen LogP contribution is 2.18. The van der Waals surface area contributed by atoms with Gasteiger partial charge in [0.05, 0.1) is 5.52 Å². The second kappa shape index (κ2) is 4.74. The number of rotatable bonds is 4. The Bertz CT molecular complexity index is 604. The summed E-state index contributed by atoms with van der Waals surface area (Å²) in [5, 5.41) is 9.87. The van der Waals surface area contributed by atoms with Crippen LogP contribution in [0.5, 0.6) is 0 Å². The van der Waals surface area contributed by atoms with Crippen molar-refractivity contribution in [3.05, 3.63) is 23.9 Å². The maximum Gasteiger partial charge on any atom is 0.272 e. The lowest BCUT2D eigenvalue weighted by atomic mass is 10.2. The quantitative estimate of drug-likeness (QED) is 0.555. The highest BCUT2D eigenvalue weighted by Gasteiger charge is 2.13. The molecule has 7 heteroatoms. The number of nitrogens with zero attached hydrogens (tertiary/aromatic N) is 1. The predicted molar refractivity (Wildman–Crippen MR) is 66.7 cm³/mol. The summed E-state index contributed by atoms with van der Waals surface area (Å²) in [6, 6.07) is 5.13. The van der Waals surface area contributed by atoms with E-state index in [9.17, 15) is 9.59 Å².